The molecule has 0 spiro atoms. The van der Waals surface area contributed by atoms with Crippen LogP contribution >= 0.6 is 0 Å². The number of nitrogens with one attached hydrogen (secondary N) is 1. The highest BCUT2D eigenvalue weighted by Gasteiger charge is 2.24. The summed E-state index contributed by atoms with van der Waals surface area (Å²) in [5.41, 5.74) is 3.19. The van der Waals surface area contributed by atoms with Crippen molar-refractivity contribution < 1.29 is 23.5 Å². The van der Waals surface area contributed by atoms with Crippen LogP contribution in [-0.2, 0) is 22.5 Å². The number of fused-ring (bicyclic) bond motifs is 1. The first-order chi connectivity index (χ1) is 18.1. The summed E-state index contributed by atoms with van der Waals surface area (Å²) in [4.78, 5) is 33.2. The summed E-state index contributed by atoms with van der Waals surface area (Å²) in [5.74, 6) is 0.497. The Morgan fingerprint density at radius 2 is 1.78 bits per heavy atom. The average molecular weight is 504 g/mol. The lowest BCUT2D eigenvalue weighted by Crippen LogP contribution is -2.44. The molecule has 2 heterocycles. The van der Waals surface area contributed by atoms with Gasteiger partial charge in [-0.25, -0.2) is 0 Å². The molecule has 2 aromatic carbocycles. The van der Waals surface area contributed by atoms with E-state index in [1.54, 1.807) is 24.1 Å². The number of para-hydroxylation sites is 1. The van der Waals surface area contributed by atoms with E-state index in [-0.39, 0.29) is 30.7 Å². The molecule has 0 atom stereocenters. The smallest absolute Gasteiger partial charge is 0.290 e. The lowest BCUT2D eigenvalue weighted by molar-refractivity contribution is -0.132. The van der Waals surface area contributed by atoms with E-state index in [1.807, 2.05) is 55.6 Å². The SMILES string of the molecule is CCOc1ccc(CN(CCc2c[nH]c3ccccc23)C(=O)CN(CCOC)C(=O)c2ccco2)cc1. The van der Waals surface area contributed by atoms with Crippen molar-refractivity contribution in [1.82, 2.24) is 14.8 Å². The third-order valence-corrected chi connectivity index (χ3v) is 6.20. The first kappa shape index (κ1) is 26.0. The van der Waals surface area contributed by atoms with Crippen LogP contribution in [0.25, 0.3) is 10.9 Å². The van der Waals surface area contributed by atoms with Gasteiger partial charge >= 0.3 is 0 Å². The van der Waals surface area contributed by atoms with Crippen LogP contribution in [0.1, 0.15) is 28.6 Å². The van der Waals surface area contributed by atoms with Gasteiger partial charge in [0.2, 0.25) is 5.91 Å². The molecule has 8 heteroatoms. The highest BCUT2D eigenvalue weighted by atomic mass is 16.5. The van der Waals surface area contributed by atoms with E-state index in [9.17, 15) is 9.59 Å². The Morgan fingerprint density at radius 1 is 0.973 bits per heavy atom. The quantitative estimate of drug-likeness (QED) is 0.290. The molecule has 0 saturated heterocycles. The fourth-order valence-corrected chi connectivity index (χ4v) is 4.24. The minimum absolute atomic E-state index is 0.0756. The molecule has 4 rings (SSSR count). The Kier molecular flexibility index (Phi) is 8.99. The third kappa shape index (κ3) is 6.80. The van der Waals surface area contributed by atoms with Gasteiger partial charge in [-0.05, 0) is 54.8 Å². The van der Waals surface area contributed by atoms with E-state index < -0.39 is 0 Å². The second-order valence-electron chi connectivity index (χ2n) is 8.70. The number of H-pyrrole nitrogens is 1. The van der Waals surface area contributed by atoms with E-state index in [4.69, 9.17) is 13.9 Å². The van der Waals surface area contributed by atoms with Crippen LogP contribution < -0.4 is 4.74 Å². The van der Waals surface area contributed by atoms with E-state index in [0.29, 0.717) is 32.7 Å². The maximum atomic E-state index is 13.6. The number of aromatic amines is 1. The van der Waals surface area contributed by atoms with Crippen molar-refractivity contribution in [2.45, 2.75) is 19.9 Å². The number of ether oxygens (including phenoxy) is 2. The fourth-order valence-electron chi connectivity index (χ4n) is 4.24. The molecule has 37 heavy (non-hydrogen) atoms. The van der Waals surface area contributed by atoms with E-state index in [1.165, 1.54) is 11.2 Å². The molecule has 0 aliphatic heterocycles. The molecule has 0 aliphatic rings. The highest BCUT2D eigenvalue weighted by Crippen LogP contribution is 2.20. The lowest BCUT2D eigenvalue weighted by Gasteiger charge is -2.27. The normalized spacial score (nSPS) is 11.0. The molecule has 0 radical (unpaired) electrons. The zero-order valence-corrected chi connectivity index (χ0v) is 21.3. The lowest BCUT2D eigenvalue weighted by atomic mass is 10.1. The van der Waals surface area contributed by atoms with Crippen molar-refractivity contribution in [3.63, 3.8) is 0 Å². The van der Waals surface area contributed by atoms with Crippen LogP contribution in [0.3, 0.4) is 0 Å². The molecule has 1 N–H and O–H groups in total. The average Bonchev–Trinajstić information content (AvgIpc) is 3.60. The molecule has 194 valence electrons. The third-order valence-electron chi connectivity index (χ3n) is 6.20. The second kappa shape index (κ2) is 12.8. The summed E-state index contributed by atoms with van der Waals surface area (Å²) < 4.78 is 16.0. The van der Waals surface area contributed by atoms with Gasteiger partial charge in [0.1, 0.15) is 12.3 Å². The molecule has 0 bridgehead atoms. The Hall–Kier alpha value is -4.04. The Labute approximate surface area is 216 Å². The number of hydrogen-bond donors (Lipinski definition) is 1. The van der Waals surface area contributed by atoms with Gasteiger partial charge in [0, 0.05) is 43.8 Å². The fraction of sp³-hybridized carbons (Fsp3) is 0.310. The number of methoxy groups -OCH3 is 1. The topological polar surface area (TPSA) is 88.0 Å². The van der Waals surface area contributed by atoms with Crippen LogP contribution in [0, 0.1) is 0 Å². The molecule has 2 amide bonds. The zero-order valence-electron chi connectivity index (χ0n) is 21.3. The van der Waals surface area contributed by atoms with Crippen LogP contribution in [0.15, 0.2) is 77.5 Å². The minimum atomic E-state index is -0.340. The number of furan rings is 1. The van der Waals surface area contributed by atoms with Crippen LogP contribution in [0.4, 0.5) is 0 Å². The number of aromatic nitrogens is 1. The van der Waals surface area contributed by atoms with E-state index in [0.717, 1.165) is 27.8 Å². The van der Waals surface area contributed by atoms with Crippen molar-refractivity contribution in [2.24, 2.45) is 0 Å². The summed E-state index contributed by atoms with van der Waals surface area (Å²) in [5, 5.41) is 1.14. The van der Waals surface area contributed by atoms with Crippen molar-refractivity contribution in [3.05, 3.63) is 90.0 Å². The minimum Gasteiger partial charge on any atom is -0.494 e. The molecule has 2 aromatic heterocycles. The summed E-state index contributed by atoms with van der Waals surface area (Å²) in [7, 11) is 1.57. The van der Waals surface area contributed by atoms with Gasteiger partial charge in [-0.1, -0.05) is 30.3 Å². The van der Waals surface area contributed by atoms with Gasteiger partial charge in [0.25, 0.3) is 5.91 Å². The van der Waals surface area contributed by atoms with Gasteiger partial charge in [0.05, 0.1) is 19.5 Å². The summed E-state index contributed by atoms with van der Waals surface area (Å²) in [6, 6.07) is 19.1. The van der Waals surface area contributed by atoms with Crippen LogP contribution in [0.5, 0.6) is 5.75 Å². The number of amides is 2. The largest absolute Gasteiger partial charge is 0.494 e. The van der Waals surface area contributed by atoms with Gasteiger partial charge in [-0.15, -0.1) is 0 Å². The molecule has 4 aromatic rings. The predicted molar refractivity (Wildman–Crippen MR) is 142 cm³/mol. The Morgan fingerprint density at radius 3 is 2.51 bits per heavy atom. The maximum Gasteiger partial charge on any atom is 0.290 e. The Balaban J connectivity index is 1.52. The molecule has 0 aliphatic carbocycles. The van der Waals surface area contributed by atoms with Gasteiger partial charge < -0.3 is 28.7 Å². The van der Waals surface area contributed by atoms with Gasteiger partial charge in [0.15, 0.2) is 5.76 Å². The van der Waals surface area contributed by atoms with Crippen molar-refractivity contribution >= 4 is 22.7 Å². The van der Waals surface area contributed by atoms with Crippen molar-refractivity contribution in [1.29, 1.82) is 0 Å². The number of carbonyl (C=O) groups is 2. The molecular weight excluding hydrogens is 470 g/mol. The summed E-state index contributed by atoms with van der Waals surface area (Å²) >= 11 is 0. The first-order valence-electron chi connectivity index (χ1n) is 12.4. The second-order valence-corrected chi connectivity index (χ2v) is 8.70. The van der Waals surface area contributed by atoms with E-state index >= 15 is 0 Å². The predicted octanol–water partition coefficient (Wildman–Crippen LogP) is 4.52. The molecule has 8 nitrogen and oxygen atoms in total. The number of hydrogen-bond acceptors (Lipinski definition) is 5. The van der Waals surface area contributed by atoms with E-state index in [2.05, 4.69) is 11.1 Å². The van der Waals surface area contributed by atoms with Crippen LogP contribution in [-0.4, -0.2) is 66.6 Å². The summed E-state index contributed by atoms with van der Waals surface area (Å²) in [6.07, 6.45) is 4.12. The van der Waals surface area contributed by atoms with Gasteiger partial charge in [-0.3, -0.25) is 9.59 Å². The summed E-state index contributed by atoms with van der Waals surface area (Å²) in [6.45, 7) is 3.97. The molecule has 0 unspecified atom stereocenters. The van der Waals surface area contributed by atoms with Crippen molar-refractivity contribution in [3.8, 4) is 5.75 Å². The number of benzene rings is 2. The Bertz CT molecular complexity index is 1280. The number of nitrogens with zero attached hydrogens (tertiary/aromatic N) is 2. The molecule has 0 fully saturated rings. The molecule has 0 saturated carbocycles. The van der Waals surface area contributed by atoms with Crippen molar-refractivity contribution in [2.75, 3.05) is 40.0 Å². The number of carbonyl (C=O) groups excluding carboxylic acids is 2. The number of rotatable bonds is 13. The highest BCUT2D eigenvalue weighted by molar-refractivity contribution is 5.94. The first-order valence-corrected chi connectivity index (χ1v) is 12.4. The maximum absolute atomic E-state index is 13.6. The monoisotopic (exact) mass is 503 g/mol. The zero-order chi connectivity index (χ0) is 26.0. The standard InChI is InChI=1S/C29H33N3O5/c1-3-36-24-12-10-22(11-13-24)20-31(15-14-23-19-30-26-8-5-4-7-25(23)26)28(33)21-32(16-18-35-2)29(34)27-9-6-17-37-27/h4-13,17,19,30H,3,14-16,18,20-21H2,1-2H3. The van der Waals surface area contributed by atoms with Crippen LogP contribution in [0.2, 0.25) is 0 Å². The van der Waals surface area contributed by atoms with Gasteiger partial charge in [-0.2, -0.15) is 0 Å². The molecular formula is C29H33N3O5.